The summed E-state index contributed by atoms with van der Waals surface area (Å²) in [7, 11) is 0. The van der Waals surface area contributed by atoms with Gasteiger partial charge in [0.25, 0.3) is 0 Å². The van der Waals surface area contributed by atoms with Crippen LogP contribution in [-0.2, 0) is 0 Å². The molecule has 0 bridgehead atoms. The molecule has 2 aromatic carbocycles. The summed E-state index contributed by atoms with van der Waals surface area (Å²) in [5, 5.41) is 0. The van der Waals surface area contributed by atoms with E-state index in [0.717, 1.165) is 11.1 Å². The quantitative estimate of drug-likeness (QED) is 0.441. The summed E-state index contributed by atoms with van der Waals surface area (Å²) in [6.45, 7) is 0. The van der Waals surface area contributed by atoms with Crippen LogP contribution in [0.25, 0.3) is 0 Å². The van der Waals surface area contributed by atoms with Crippen molar-refractivity contribution in [2.24, 2.45) is 0 Å². The van der Waals surface area contributed by atoms with Crippen LogP contribution in [0.15, 0.2) is 60.7 Å². The van der Waals surface area contributed by atoms with Gasteiger partial charge in [0, 0.05) is 11.1 Å². The van der Waals surface area contributed by atoms with Gasteiger partial charge >= 0.3 is 0 Å². The Morgan fingerprint density at radius 3 is 1.20 bits per heavy atom. The molecule has 0 N–H and O–H groups in total. The summed E-state index contributed by atoms with van der Waals surface area (Å²) >= 11 is 0. The zero-order valence-electron chi connectivity index (χ0n) is 7.77. The largest absolute Gasteiger partial charge is 0.0814 e. The van der Waals surface area contributed by atoms with Crippen LogP contribution in [-0.4, -0.2) is 8.41 Å². The Hall–Kier alpha value is -1.94. The van der Waals surface area contributed by atoms with Gasteiger partial charge in [-0.25, -0.2) is 0 Å². The maximum atomic E-state index is 3.11. The van der Waals surface area contributed by atoms with E-state index in [2.05, 4.69) is 11.8 Å². The fourth-order valence-electron chi connectivity index (χ4n) is 1.19. The van der Waals surface area contributed by atoms with Crippen LogP contribution in [0, 0.1) is 11.8 Å². The molecule has 0 spiro atoms. The third-order valence-corrected chi connectivity index (χ3v) is 1.90. The standard InChI is InChI=1S/C14H10.BH3/c1-3-7-13(8-4-1)11-12-14-9-5-2-6-10-14;/h1-10H;1H3. The highest BCUT2D eigenvalue weighted by molar-refractivity contribution is 5.75. The Balaban J connectivity index is 0.00000112. The molecule has 15 heavy (non-hydrogen) atoms. The number of benzene rings is 2. The highest BCUT2D eigenvalue weighted by atomic mass is 13.9. The van der Waals surface area contributed by atoms with Gasteiger partial charge in [0.1, 0.15) is 0 Å². The molecule has 1 heteroatoms. The Morgan fingerprint density at radius 2 is 0.867 bits per heavy atom. The molecular weight excluding hydrogens is 179 g/mol. The van der Waals surface area contributed by atoms with Crippen LogP contribution < -0.4 is 0 Å². The first-order valence-electron chi connectivity index (χ1n) is 4.57. The van der Waals surface area contributed by atoms with E-state index in [1.54, 1.807) is 0 Å². The lowest BCUT2D eigenvalue weighted by Gasteiger charge is -1.88. The van der Waals surface area contributed by atoms with Crippen molar-refractivity contribution in [1.29, 1.82) is 0 Å². The first-order chi connectivity index (χ1) is 6.95. The van der Waals surface area contributed by atoms with Gasteiger partial charge in [-0.3, -0.25) is 0 Å². The molecule has 0 atom stereocenters. The predicted molar refractivity (Wildman–Crippen MR) is 68.8 cm³/mol. The normalized spacial score (nSPS) is 8.27. The van der Waals surface area contributed by atoms with Crippen molar-refractivity contribution in [2.75, 3.05) is 0 Å². The number of rotatable bonds is 0. The first-order valence-corrected chi connectivity index (χ1v) is 4.57. The molecule has 0 aliphatic rings. The van der Waals surface area contributed by atoms with E-state index in [-0.39, 0.29) is 8.41 Å². The van der Waals surface area contributed by atoms with Crippen molar-refractivity contribution >= 4 is 8.41 Å². The molecule has 0 saturated heterocycles. The molecule has 72 valence electrons. The Bertz CT molecular complexity index is 405. The van der Waals surface area contributed by atoms with Gasteiger partial charge < -0.3 is 0 Å². The van der Waals surface area contributed by atoms with Crippen molar-refractivity contribution < 1.29 is 0 Å². The highest BCUT2D eigenvalue weighted by Gasteiger charge is 1.83. The molecule has 0 radical (unpaired) electrons. The van der Waals surface area contributed by atoms with Gasteiger partial charge in [0.05, 0.1) is 8.41 Å². The van der Waals surface area contributed by atoms with E-state index in [4.69, 9.17) is 0 Å². The molecular formula is C14H13B. The molecule has 0 heterocycles. The topological polar surface area (TPSA) is 0 Å². The van der Waals surface area contributed by atoms with E-state index < -0.39 is 0 Å². The molecule has 0 aromatic heterocycles. The summed E-state index contributed by atoms with van der Waals surface area (Å²) in [5.41, 5.74) is 2.10. The SMILES string of the molecule is B.C(#Cc1ccccc1)c1ccccc1. The van der Waals surface area contributed by atoms with Gasteiger partial charge in [0.2, 0.25) is 0 Å². The minimum atomic E-state index is 0. The first kappa shape index (κ1) is 11.1. The number of hydrogen-bond donors (Lipinski definition) is 0. The highest BCUT2D eigenvalue weighted by Crippen LogP contribution is 1.98. The zero-order chi connectivity index (χ0) is 9.64. The lowest BCUT2D eigenvalue weighted by atomic mass is 10.2. The molecule has 0 saturated carbocycles. The average molecular weight is 192 g/mol. The average Bonchev–Trinajstić information content (AvgIpc) is 2.29. The van der Waals surface area contributed by atoms with Crippen LogP contribution >= 0.6 is 0 Å². The summed E-state index contributed by atoms with van der Waals surface area (Å²) in [6, 6.07) is 20.0. The number of hydrogen-bond acceptors (Lipinski definition) is 0. The molecule has 2 rings (SSSR count). The summed E-state index contributed by atoms with van der Waals surface area (Å²) < 4.78 is 0. The minimum absolute atomic E-state index is 0. The van der Waals surface area contributed by atoms with Gasteiger partial charge in [0.15, 0.2) is 0 Å². The van der Waals surface area contributed by atoms with Gasteiger partial charge in [-0.1, -0.05) is 48.2 Å². The lowest BCUT2D eigenvalue weighted by Crippen LogP contribution is -1.73. The Kier molecular flexibility index (Phi) is 4.25. The Morgan fingerprint density at radius 1 is 0.533 bits per heavy atom. The summed E-state index contributed by atoms with van der Waals surface area (Å²) in [6.07, 6.45) is 0. The van der Waals surface area contributed by atoms with Crippen LogP contribution in [0.3, 0.4) is 0 Å². The lowest BCUT2D eigenvalue weighted by molar-refractivity contribution is 1.62. The Labute approximate surface area is 92.5 Å². The predicted octanol–water partition coefficient (Wildman–Crippen LogP) is 1.90. The van der Waals surface area contributed by atoms with Crippen LogP contribution in [0.5, 0.6) is 0 Å². The van der Waals surface area contributed by atoms with Crippen molar-refractivity contribution in [1.82, 2.24) is 0 Å². The molecule has 0 aliphatic carbocycles. The maximum absolute atomic E-state index is 3.11. The molecule has 2 aromatic rings. The second-order valence-corrected chi connectivity index (χ2v) is 2.98. The molecule has 0 nitrogen and oxygen atoms in total. The van der Waals surface area contributed by atoms with Gasteiger partial charge in [-0.15, -0.1) is 0 Å². The third-order valence-electron chi connectivity index (χ3n) is 1.90. The van der Waals surface area contributed by atoms with E-state index in [0.29, 0.717) is 0 Å². The van der Waals surface area contributed by atoms with E-state index in [1.807, 2.05) is 60.7 Å². The summed E-state index contributed by atoms with van der Waals surface area (Å²) in [5.74, 6) is 6.22. The minimum Gasteiger partial charge on any atom is -0.0622 e. The zero-order valence-corrected chi connectivity index (χ0v) is 7.77. The van der Waals surface area contributed by atoms with Crippen molar-refractivity contribution in [2.45, 2.75) is 0 Å². The molecule has 0 fully saturated rings. The fraction of sp³-hybridized carbons (Fsp3) is 0. The van der Waals surface area contributed by atoms with Crippen LogP contribution in [0.2, 0.25) is 0 Å². The van der Waals surface area contributed by atoms with E-state index >= 15 is 0 Å². The fourth-order valence-corrected chi connectivity index (χ4v) is 1.19. The van der Waals surface area contributed by atoms with Crippen LogP contribution in [0.1, 0.15) is 11.1 Å². The van der Waals surface area contributed by atoms with Gasteiger partial charge in [-0.2, -0.15) is 0 Å². The third kappa shape index (κ3) is 3.36. The van der Waals surface area contributed by atoms with Crippen LogP contribution in [0.4, 0.5) is 0 Å². The van der Waals surface area contributed by atoms with E-state index in [9.17, 15) is 0 Å². The van der Waals surface area contributed by atoms with Crippen molar-refractivity contribution in [3.05, 3.63) is 71.8 Å². The summed E-state index contributed by atoms with van der Waals surface area (Å²) in [4.78, 5) is 0. The second-order valence-electron chi connectivity index (χ2n) is 2.98. The molecule has 0 unspecified atom stereocenters. The smallest absolute Gasteiger partial charge is 0.0622 e. The monoisotopic (exact) mass is 192 g/mol. The maximum Gasteiger partial charge on any atom is 0.0814 e. The molecule has 0 aliphatic heterocycles. The van der Waals surface area contributed by atoms with Crippen molar-refractivity contribution in [3.8, 4) is 11.8 Å². The van der Waals surface area contributed by atoms with Crippen molar-refractivity contribution in [3.63, 3.8) is 0 Å². The molecule has 0 amide bonds. The van der Waals surface area contributed by atoms with Gasteiger partial charge in [-0.05, 0) is 24.3 Å². The second kappa shape index (κ2) is 5.72. The van der Waals surface area contributed by atoms with E-state index in [1.165, 1.54) is 0 Å².